The number of carbonyl (C=O) groups is 1. The number of amides is 1. The number of nitrogens with zero attached hydrogens (tertiary/aromatic N) is 2. The minimum Gasteiger partial charge on any atom is -0.376 e. The van der Waals surface area contributed by atoms with E-state index < -0.39 is 0 Å². The summed E-state index contributed by atoms with van der Waals surface area (Å²) in [5.41, 5.74) is 2.62. The first-order valence-corrected chi connectivity index (χ1v) is 11.3. The molecule has 0 saturated carbocycles. The number of hydrogen-bond donors (Lipinski definition) is 2. The maximum absolute atomic E-state index is 12.4. The maximum Gasteiger partial charge on any atom is 0.230 e. The first-order valence-electron chi connectivity index (χ1n) is 9.47. The first-order chi connectivity index (χ1) is 13.3. The van der Waals surface area contributed by atoms with Gasteiger partial charge in [0.1, 0.15) is 0 Å². The summed E-state index contributed by atoms with van der Waals surface area (Å²) >= 11 is 2.93. The Morgan fingerprint density at radius 1 is 1.26 bits per heavy atom. The highest BCUT2D eigenvalue weighted by molar-refractivity contribution is 8.01. The smallest absolute Gasteiger partial charge is 0.230 e. The van der Waals surface area contributed by atoms with E-state index in [2.05, 4.69) is 39.0 Å². The zero-order valence-electron chi connectivity index (χ0n) is 15.1. The molecule has 1 fully saturated rings. The lowest BCUT2D eigenvalue weighted by Crippen LogP contribution is -2.32. The summed E-state index contributed by atoms with van der Waals surface area (Å²) in [4.78, 5) is 12.4. The van der Waals surface area contributed by atoms with Gasteiger partial charge in [-0.1, -0.05) is 47.4 Å². The molecule has 8 heteroatoms. The summed E-state index contributed by atoms with van der Waals surface area (Å²) in [6.07, 6.45) is 5.72. The molecule has 4 rings (SSSR count). The van der Waals surface area contributed by atoms with E-state index in [-0.39, 0.29) is 18.1 Å². The largest absolute Gasteiger partial charge is 0.376 e. The van der Waals surface area contributed by atoms with Crippen LogP contribution in [-0.2, 0) is 16.0 Å². The highest BCUT2D eigenvalue weighted by Gasteiger charge is 2.21. The lowest BCUT2D eigenvalue weighted by Gasteiger charge is -2.26. The monoisotopic (exact) mass is 404 g/mol. The van der Waals surface area contributed by atoms with E-state index in [0.717, 1.165) is 54.7 Å². The Labute approximate surface area is 167 Å². The van der Waals surface area contributed by atoms with Crippen LogP contribution < -0.4 is 10.6 Å². The predicted molar refractivity (Wildman–Crippen MR) is 108 cm³/mol. The van der Waals surface area contributed by atoms with E-state index in [1.54, 1.807) is 0 Å². The third-order valence-corrected chi connectivity index (χ3v) is 6.96. The number of hydrogen-bond acceptors (Lipinski definition) is 7. The normalized spacial score (nSPS) is 21.6. The zero-order chi connectivity index (χ0) is 18.5. The maximum atomic E-state index is 12.4. The molecule has 144 valence electrons. The second kappa shape index (κ2) is 9.03. The number of benzene rings is 1. The first kappa shape index (κ1) is 18.7. The molecule has 0 unspecified atom stereocenters. The van der Waals surface area contributed by atoms with E-state index in [0.29, 0.717) is 5.75 Å². The SMILES string of the molecule is O=C(CSc1nnc(NC[C@H]2CCCO2)s1)N[C@H]1CCCc2ccccc21. The molecular formula is C19H24N4O2S2. The van der Waals surface area contributed by atoms with E-state index in [4.69, 9.17) is 4.74 Å². The van der Waals surface area contributed by atoms with Gasteiger partial charge in [-0.05, 0) is 43.2 Å². The van der Waals surface area contributed by atoms with Gasteiger partial charge in [0, 0.05) is 13.2 Å². The van der Waals surface area contributed by atoms with Gasteiger partial charge < -0.3 is 15.4 Å². The third-order valence-electron chi connectivity index (χ3n) is 4.94. The second-order valence-electron chi connectivity index (χ2n) is 6.89. The van der Waals surface area contributed by atoms with Crippen LogP contribution in [0, 0.1) is 0 Å². The number of rotatable bonds is 7. The van der Waals surface area contributed by atoms with E-state index >= 15 is 0 Å². The van der Waals surface area contributed by atoms with Crippen molar-refractivity contribution in [1.82, 2.24) is 15.5 Å². The number of ether oxygens (including phenoxy) is 1. The molecule has 0 spiro atoms. The standard InChI is InChI=1S/C19H24N4O2S2/c24-17(21-16-9-3-6-13-5-1-2-8-15(13)16)12-26-19-23-22-18(27-19)20-11-14-7-4-10-25-14/h1-2,5,8,14,16H,3-4,6-7,9-12H2,(H,20,22)(H,21,24)/t14-,16+/m1/s1. The zero-order valence-corrected chi connectivity index (χ0v) is 16.8. The molecular weight excluding hydrogens is 380 g/mol. The average Bonchev–Trinajstić information content (AvgIpc) is 3.37. The van der Waals surface area contributed by atoms with Crippen molar-refractivity contribution in [2.75, 3.05) is 24.2 Å². The van der Waals surface area contributed by atoms with Crippen LogP contribution in [0.5, 0.6) is 0 Å². The summed E-state index contributed by atoms with van der Waals surface area (Å²) in [5.74, 6) is 0.407. The number of nitrogens with one attached hydrogen (secondary N) is 2. The van der Waals surface area contributed by atoms with Gasteiger partial charge in [-0.3, -0.25) is 4.79 Å². The second-order valence-corrected chi connectivity index (χ2v) is 9.09. The lowest BCUT2D eigenvalue weighted by atomic mass is 9.88. The van der Waals surface area contributed by atoms with Crippen LogP contribution in [0.15, 0.2) is 28.6 Å². The van der Waals surface area contributed by atoms with Gasteiger partial charge in [-0.15, -0.1) is 10.2 Å². The Morgan fingerprint density at radius 2 is 2.19 bits per heavy atom. The van der Waals surface area contributed by atoms with Crippen LogP contribution in [0.1, 0.15) is 42.9 Å². The minimum atomic E-state index is 0.0470. The molecule has 2 N–H and O–H groups in total. The van der Waals surface area contributed by atoms with Crippen LogP contribution in [0.4, 0.5) is 5.13 Å². The summed E-state index contributed by atoms with van der Waals surface area (Å²) in [5, 5.41) is 15.6. The minimum absolute atomic E-state index is 0.0470. The third kappa shape index (κ3) is 5.00. The van der Waals surface area contributed by atoms with Crippen molar-refractivity contribution in [1.29, 1.82) is 0 Å². The fourth-order valence-corrected chi connectivity index (χ4v) is 5.18. The molecule has 2 aliphatic rings. The highest BCUT2D eigenvalue weighted by Crippen LogP contribution is 2.30. The van der Waals surface area contributed by atoms with Crippen molar-refractivity contribution in [3.63, 3.8) is 0 Å². The van der Waals surface area contributed by atoms with Crippen LogP contribution in [0.25, 0.3) is 0 Å². The van der Waals surface area contributed by atoms with E-state index in [1.807, 2.05) is 6.07 Å². The fourth-order valence-electron chi connectivity index (χ4n) is 3.61. The van der Waals surface area contributed by atoms with Crippen molar-refractivity contribution < 1.29 is 9.53 Å². The lowest BCUT2D eigenvalue weighted by molar-refractivity contribution is -0.119. The summed E-state index contributed by atoms with van der Waals surface area (Å²) in [6, 6.07) is 8.53. The molecule has 0 bridgehead atoms. The Morgan fingerprint density at radius 3 is 3.07 bits per heavy atom. The van der Waals surface area contributed by atoms with Crippen LogP contribution >= 0.6 is 23.1 Å². The Hall–Kier alpha value is -1.64. The average molecular weight is 405 g/mol. The van der Waals surface area contributed by atoms with Crippen molar-refractivity contribution in [3.8, 4) is 0 Å². The molecule has 27 heavy (non-hydrogen) atoms. The number of anilines is 1. The molecule has 1 aromatic carbocycles. The number of fused-ring (bicyclic) bond motifs is 1. The molecule has 2 aromatic rings. The van der Waals surface area contributed by atoms with Crippen molar-refractivity contribution in [2.24, 2.45) is 0 Å². The summed E-state index contributed by atoms with van der Waals surface area (Å²) < 4.78 is 6.40. The Bertz CT molecular complexity index is 777. The summed E-state index contributed by atoms with van der Waals surface area (Å²) in [6.45, 7) is 1.62. The van der Waals surface area contributed by atoms with Crippen molar-refractivity contribution in [2.45, 2.75) is 48.6 Å². The molecule has 1 aliphatic heterocycles. The van der Waals surface area contributed by atoms with Gasteiger partial charge in [0.25, 0.3) is 0 Å². The van der Waals surface area contributed by atoms with Gasteiger partial charge in [0.15, 0.2) is 4.34 Å². The predicted octanol–water partition coefficient (Wildman–Crippen LogP) is 3.41. The number of aryl methyl sites for hydroxylation is 1. The Kier molecular flexibility index (Phi) is 6.26. The quantitative estimate of drug-likeness (QED) is 0.689. The van der Waals surface area contributed by atoms with Crippen molar-refractivity contribution >= 4 is 34.1 Å². The van der Waals surface area contributed by atoms with Gasteiger partial charge in [0.05, 0.1) is 17.9 Å². The van der Waals surface area contributed by atoms with Gasteiger partial charge in [0.2, 0.25) is 11.0 Å². The van der Waals surface area contributed by atoms with E-state index in [1.165, 1.54) is 34.2 Å². The molecule has 1 amide bonds. The highest BCUT2D eigenvalue weighted by atomic mass is 32.2. The number of aromatic nitrogens is 2. The van der Waals surface area contributed by atoms with Crippen LogP contribution in [-0.4, -0.2) is 41.1 Å². The topological polar surface area (TPSA) is 76.1 Å². The van der Waals surface area contributed by atoms with Crippen molar-refractivity contribution in [3.05, 3.63) is 35.4 Å². The molecule has 1 aromatic heterocycles. The summed E-state index contributed by atoms with van der Waals surface area (Å²) in [7, 11) is 0. The number of carbonyl (C=O) groups excluding carboxylic acids is 1. The Balaban J connectivity index is 1.24. The van der Waals surface area contributed by atoms with Gasteiger partial charge >= 0.3 is 0 Å². The van der Waals surface area contributed by atoms with Gasteiger partial charge in [-0.25, -0.2) is 0 Å². The van der Waals surface area contributed by atoms with Crippen LogP contribution in [0.3, 0.4) is 0 Å². The molecule has 1 aliphatic carbocycles. The van der Waals surface area contributed by atoms with E-state index in [9.17, 15) is 4.79 Å². The fraction of sp³-hybridized carbons (Fsp3) is 0.526. The van der Waals surface area contributed by atoms with Crippen LogP contribution in [0.2, 0.25) is 0 Å². The molecule has 2 atom stereocenters. The molecule has 0 radical (unpaired) electrons. The molecule has 1 saturated heterocycles. The number of thioether (sulfide) groups is 1. The van der Waals surface area contributed by atoms with Gasteiger partial charge in [-0.2, -0.15) is 0 Å². The molecule has 6 nitrogen and oxygen atoms in total. The molecule has 2 heterocycles.